The zero-order valence-electron chi connectivity index (χ0n) is 15.2. The van der Waals surface area contributed by atoms with Crippen molar-refractivity contribution in [3.05, 3.63) is 0 Å². The van der Waals surface area contributed by atoms with Gasteiger partial charge in [0, 0.05) is 13.0 Å². The molecule has 2 saturated heterocycles. The Morgan fingerprint density at radius 1 is 0.962 bits per heavy atom. The number of esters is 1. The van der Waals surface area contributed by atoms with Crippen molar-refractivity contribution in [1.29, 1.82) is 0 Å². The number of rotatable bonds is 11. The van der Waals surface area contributed by atoms with E-state index in [2.05, 4.69) is 0 Å². The lowest BCUT2D eigenvalue weighted by Crippen LogP contribution is -2.59. The molecule has 2 heterocycles. The third-order valence-electron chi connectivity index (χ3n) is 5.02. The molecule has 0 amide bonds. The molecule has 2 aliphatic rings. The van der Waals surface area contributed by atoms with Crippen molar-refractivity contribution in [2.75, 3.05) is 13.2 Å². The van der Waals surface area contributed by atoms with Gasteiger partial charge in [0.15, 0.2) is 6.29 Å². The fourth-order valence-electron chi connectivity index (χ4n) is 3.37. The first-order valence-corrected chi connectivity index (χ1v) is 9.64. The molecule has 0 aromatic rings. The highest BCUT2D eigenvalue weighted by atomic mass is 16.7. The molecule has 0 saturated carbocycles. The molecule has 26 heavy (non-hydrogen) atoms. The number of aliphatic hydroxyl groups is 4. The lowest BCUT2D eigenvalue weighted by molar-refractivity contribution is -0.301. The summed E-state index contributed by atoms with van der Waals surface area (Å²) in [5.41, 5.74) is 0. The highest BCUT2D eigenvalue weighted by Crippen LogP contribution is 2.22. The monoisotopic (exact) mass is 376 g/mol. The van der Waals surface area contributed by atoms with Gasteiger partial charge in [0.25, 0.3) is 0 Å². The van der Waals surface area contributed by atoms with Crippen LogP contribution < -0.4 is 0 Å². The Balaban J connectivity index is 1.46. The van der Waals surface area contributed by atoms with Crippen LogP contribution in [0.25, 0.3) is 0 Å². The van der Waals surface area contributed by atoms with Gasteiger partial charge in [-0.05, 0) is 25.7 Å². The summed E-state index contributed by atoms with van der Waals surface area (Å²) in [7, 11) is 0. The van der Waals surface area contributed by atoms with Crippen molar-refractivity contribution in [2.24, 2.45) is 0 Å². The molecule has 152 valence electrons. The molecule has 2 aliphatic heterocycles. The first kappa shape index (κ1) is 21.5. The van der Waals surface area contributed by atoms with Gasteiger partial charge in [0.2, 0.25) is 0 Å². The van der Waals surface area contributed by atoms with Gasteiger partial charge in [-0.1, -0.05) is 25.7 Å². The molecular formula is C18H32O8. The summed E-state index contributed by atoms with van der Waals surface area (Å²) in [5, 5.41) is 38.4. The highest BCUT2D eigenvalue weighted by Gasteiger charge is 2.43. The van der Waals surface area contributed by atoms with Crippen molar-refractivity contribution in [2.45, 2.75) is 94.6 Å². The fourth-order valence-corrected chi connectivity index (χ4v) is 3.37. The maximum Gasteiger partial charge on any atom is 0.306 e. The minimum absolute atomic E-state index is 0.0746. The quantitative estimate of drug-likeness (QED) is 0.298. The van der Waals surface area contributed by atoms with Gasteiger partial charge < -0.3 is 34.6 Å². The van der Waals surface area contributed by atoms with Crippen LogP contribution in [0.15, 0.2) is 0 Å². The first-order valence-electron chi connectivity index (χ1n) is 9.64. The summed E-state index contributed by atoms with van der Waals surface area (Å²) in [6.45, 7) is -0.0778. The van der Waals surface area contributed by atoms with Gasteiger partial charge in [-0.2, -0.15) is 0 Å². The third kappa shape index (κ3) is 6.44. The molecule has 0 aromatic heterocycles. The molecule has 8 heteroatoms. The minimum Gasteiger partial charge on any atom is -0.462 e. The van der Waals surface area contributed by atoms with Crippen LogP contribution >= 0.6 is 0 Å². The van der Waals surface area contributed by atoms with Crippen LogP contribution in [0.3, 0.4) is 0 Å². The van der Waals surface area contributed by atoms with Gasteiger partial charge in [0.05, 0.1) is 6.61 Å². The molecule has 0 bridgehead atoms. The van der Waals surface area contributed by atoms with E-state index in [0.29, 0.717) is 13.0 Å². The normalized spacial score (nSPS) is 34.8. The van der Waals surface area contributed by atoms with Gasteiger partial charge in [-0.15, -0.1) is 0 Å². The molecule has 2 rings (SSSR count). The summed E-state index contributed by atoms with van der Waals surface area (Å²) in [6.07, 6.45) is 2.56. The summed E-state index contributed by atoms with van der Waals surface area (Å²) in [6, 6.07) is 0. The summed E-state index contributed by atoms with van der Waals surface area (Å²) < 4.78 is 15.9. The number of hydrogen-bond acceptors (Lipinski definition) is 8. The van der Waals surface area contributed by atoms with Gasteiger partial charge in [0.1, 0.15) is 30.5 Å². The van der Waals surface area contributed by atoms with Crippen LogP contribution in [0, 0.1) is 0 Å². The summed E-state index contributed by atoms with van der Waals surface area (Å²) in [5.74, 6) is -0.0746. The van der Waals surface area contributed by atoms with Gasteiger partial charge >= 0.3 is 5.97 Å². The standard InChI is InChI=1S/C18H32O8/c19-11-13-15(21)16(22)17(23)18(26-13)24-10-6-4-2-1-3-5-7-12-8-9-14(20)25-12/h12-13,15-19,21-23H,1-11H2/t12-,13-,15-,16+,17-,18-/m1/s1. The Morgan fingerprint density at radius 3 is 2.31 bits per heavy atom. The van der Waals surface area contributed by atoms with Crippen molar-refractivity contribution in [1.82, 2.24) is 0 Å². The average molecular weight is 376 g/mol. The topological polar surface area (TPSA) is 126 Å². The number of aliphatic hydroxyl groups excluding tert-OH is 4. The van der Waals surface area contributed by atoms with Gasteiger partial charge in [-0.3, -0.25) is 4.79 Å². The molecule has 0 unspecified atom stereocenters. The van der Waals surface area contributed by atoms with Crippen LogP contribution in [-0.2, 0) is 19.0 Å². The molecule has 0 spiro atoms. The van der Waals surface area contributed by atoms with Crippen LogP contribution in [0.5, 0.6) is 0 Å². The Morgan fingerprint density at radius 2 is 1.65 bits per heavy atom. The van der Waals surface area contributed by atoms with Crippen LogP contribution in [0.1, 0.15) is 57.8 Å². The average Bonchev–Trinajstić information content (AvgIpc) is 3.05. The SMILES string of the molecule is O=C1CC[C@@H](CCCCCCCCO[C@@H]2O[C@H](CO)[C@@H](O)[C@H](O)[C@H]2O)O1. The number of unbranched alkanes of at least 4 members (excludes halogenated alkanes) is 5. The lowest BCUT2D eigenvalue weighted by Gasteiger charge is -2.39. The molecule has 6 atom stereocenters. The second-order valence-electron chi connectivity index (χ2n) is 7.13. The Kier molecular flexibility index (Phi) is 9.24. The lowest BCUT2D eigenvalue weighted by atomic mass is 9.99. The Bertz CT molecular complexity index is 416. The number of hydrogen-bond donors (Lipinski definition) is 4. The molecular weight excluding hydrogens is 344 g/mol. The molecule has 2 fully saturated rings. The van der Waals surface area contributed by atoms with Crippen LogP contribution in [-0.4, -0.2) is 76.4 Å². The van der Waals surface area contributed by atoms with Crippen LogP contribution in [0.4, 0.5) is 0 Å². The van der Waals surface area contributed by atoms with Crippen molar-refractivity contribution in [3.8, 4) is 0 Å². The van der Waals surface area contributed by atoms with Gasteiger partial charge in [-0.25, -0.2) is 0 Å². The van der Waals surface area contributed by atoms with Crippen molar-refractivity contribution in [3.63, 3.8) is 0 Å². The largest absolute Gasteiger partial charge is 0.462 e. The fraction of sp³-hybridized carbons (Fsp3) is 0.944. The summed E-state index contributed by atoms with van der Waals surface area (Å²) in [4.78, 5) is 11.0. The molecule has 8 nitrogen and oxygen atoms in total. The second kappa shape index (κ2) is 11.2. The smallest absolute Gasteiger partial charge is 0.306 e. The van der Waals surface area contributed by atoms with E-state index in [4.69, 9.17) is 19.3 Å². The van der Waals surface area contributed by atoms with E-state index in [0.717, 1.165) is 51.4 Å². The number of cyclic esters (lactones) is 1. The van der Waals surface area contributed by atoms with Crippen LogP contribution in [0.2, 0.25) is 0 Å². The molecule has 0 radical (unpaired) electrons. The number of carbonyl (C=O) groups excluding carboxylic acids is 1. The van der Waals surface area contributed by atoms with E-state index in [9.17, 15) is 20.1 Å². The van der Waals surface area contributed by atoms with E-state index < -0.39 is 37.3 Å². The van der Waals surface area contributed by atoms with Crippen molar-refractivity contribution >= 4 is 5.97 Å². The third-order valence-corrected chi connectivity index (χ3v) is 5.02. The summed E-state index contributed by atoms with van der Waals surface area (Å²) >= 11 is 0. The Labute approximate surface area is 154 Å². The van der Waals surface area contributed by atoms with E-state index in [1.54, 1.807) is 0 Å². The number of carbonyl (C=O) groups is 1. The maximum atomic E-state index is 11.0. The predicted molar refractivity (Wildman–Crippen MR) is 91.2 cm³/mol. The Hall–Kier alpha value is -0.770. The minimum atomic E-state index is -1.40. The zero-order chi connectivity index (χ0) is 18.9. The second-order valence-corrected chi connectivity index (χ2v) is 7.13. The predicted octanol–water partition coefficient (Wildman–Crippen LogP) is 0.239. The van der Waals surface area contributed by atoms with E-state index in [1.807, 2.05) is 0 Å². The molecule has 4 N–H and O–H groups in total. The first-order chi connectivity index (χ1) is 12.5. The van der Waals surface area contributed by atoms with Crippen molar-refractivity contribution < 1.29 is 39.4 Å². The molecule has 0 aromatic carbocycles. The number of ether oxygens (including phenoxy) is 3. The van der Waals surface area contributed by atoms with E-state index in [-0.39, 0.29) is 12.1 Å². The highest BCUT2D eigenvalue weighted by molar-refractivity contribution is 5.71. The zero-order valence-corrected chi connectivity index (χ0v) is 15.2. The van der Waals surface area contributed by atoms with E-state index in [1.165, 1.54) is 0 Å². The van der Waals surface area contributed by atoms with E-state index >= 15 is 0 Å². The molecule has 0 aliphatic carbocycles. The maximum absolute atomic E-state index is 11.0.